The van der Waals surface area contributed by atoms with Gasteiger partial charge in [-0.15, -0.1) is 0 Å². The first-order valence-electron chi connectivity index (χ1n) is 7.59. The summed E-state index contributed by atoms with van der Waals surface area (Å²) in [5.41, 5.74) is 2.03. The molecule has 1 atom stereocenters. The summed E-state index contributed by atoms with van der Waals surface area (Å²) in [6.45, 7) is 0.505. The summed E-state index contributed by atoms with van der Waals surface area (Å²) in [6.07, 6.45) is -0.119. The zero-order valence-electron chi connectivity index (χ0n) is 12.9. The zero-order valence-corrected chi connectivity index (χ0v) is 12.9. The molecule has 0 fully saturated rings. The number of hydrogen-bond donors (Lipinski definition) is 2. The molecule has 1 unspecified atom stereocenters. The summed E-state index contributed by atoms with van der Waals surface area (Å²) in [5.74, 6) is -0.438. The number of rotatable bonds is 5. The highest BCUT2D eigenvalue weighted by Gasteiger charge is 2.24. The SMILES string of the molecule is O=C(NCC1Cc2ccc(C(=O)O)cc2O1)OCc1ccccc1. The van der Waals surface area contributed by atoms with Crippen molar-refractivity contribution in [3.8, 4) is 5.75 Å². The molecule has 1 aliphatic rings. The van der Waals surface area contributed by atoms with Crippen molar-refractivity contribution in [2.24, 2.45) is 0 Å². The molecule has 1 amide bonds. The molecule has 24 heavy (non-hydrogen) atoms. The number of alkyl carbamates (subject to hydrolysis) is 1. The Morgan fingerprint density at radius 1 is 1.21 bits per heavy atom. The van der Waals surface area contributed by atoms with Crippen LogP contribution in [0.4, 0.5) is 4.79 Å². The smallest absolute Gasteiger partial charge is 0.407 e. The van der Waals surface area contributed by atoms with Crippen molar-refractivity contribution in [1.82, 2.24) is 5.32 Å². The summed E-state index contributed by atoms with van der Waals surface area (Å²) in [4.78, 5) is 22.7. The quantitative estimate of drug-likeness (QED) is 0.882. The van der Waals surface area contributed by atoms with Gasteiger partial charge in [-0.3, -0.25) is 0 Å². The molecule has 6 nitrogen and oxygen atoms in total. The lowest BCUT2D eigenvalue weighted by Gasteiger charge is -2.12. The highest BCUT2D eigenvalue weighted by Crippen LogP contribution is 2.29. The lowest BCUT2D eigenvalue weighted by Crippen LogP contribution is -2.34. The Morgan fingerprint density at radius 2 is 2.00 bits per heavy atom. The van der Waals surface area contributed by atoms with Crippen LogP contribution in [0.5, 0.6) is 5.75 Å². The zero-order chi connectivity index (χ0) is 16.9. The van der Waals surface area contributed by atoms with E-state index in [0.29, 0.717) is 18.7 Å². The molecule has 124 valence electrons. The van der Waals surface area contributed by atoms with E-state index in [-0.39, 0.29) is 18.3 Å². The molecule has 0 spiro atoms. The molecule has 2 aromatic rings. The summed E-state index contributed by atoms with van der Waals surface area (Å²) in [5, 5.41) is 11.6. The Labute approximate surface area is 139 Å². The molecule has 3 rings (SSSR count). The first-order valence-corrected chi connectivity index (χ1v) is 7.59. The van der Waals surface area contributed by atoms with Crippen LogP contribution in [0.15, 0.2) is 48.5 Å². The van der Waals surface area contributed by atoms with Crippen molar-refractivity contribution in [2.75, 3.05) is 6.54 Å². The van der Waals surface area contributed by atoms with E-state index in [1.54, 1.807) is 12.1 Å². The van der Waals surface area contributed by atoms with Crippen LogP contribution in [-0.2, 0) is 17.8 Å². The molecule has 0 aromatic heterocycles. The van der Waals surface area contributed by atoms with Crippen LogP contribution in [0.1, 0.15) is 21.5 Å². The maximum atomic E-state index is 11.7. The first kappa shape index (κ1) is 15.9. The average Bonchev–Trinajstić information content (AvgIpc) is 3.01. The van der Waals surface area contributed by atoms with Crippen molar-refractivity contribution >= 4 is 12.1 Å². The number of carbonyl (C=O) groups excluding carboxylic acids is 1. The van der Waals surface area contributed by atoms with E-state index < -0.39 is 12.1 Å². The van der Waals surface area contributed by atoms with Gasteiger partial charge in [0, 0.05) is 6.42 Å². The van der Waals surface area contributed by atoms with Crippen LogP contribution in [0.25, 0.3) is 0 Å². The van der Waals surface area contributed by atoms with Crippen molar-refractivity contribution in [2.45, 2.75) is 19.1 Å². The molecule has 0 bridgehead atoms. The fourth-order valence-corrected chi connectivity index (χ4v) is 2.52. The molecule has 6 heteroatoms. The van der Waals surface area contributed by atoms with Crippen LogP contribution < -0.4 is 10.1 Å². The molecular weight excluding hydrogens is 310 g/mol. The van der Waals surface area contributed by atoms with E-state index in [1.165, 1.54) is 6.07 Å². The van der Waals surface area contributed by atoms with E-state index in [1.807, 2.05) is 30.3 Å². The number of carboxylic acid groups (broad SMARTS) is 1. The third-order valence-corrected chi connectivity index (χ3v) is 3.74. The van der Waals surface area contributed by atoms with Crippen molar-refractivity contribution in [3.63, 3.8) is 0 Å². The third kappa shape index (κ3) is 3.84. The predicted octanol–water partition coefficient (Wildman–Crippen LogP) is 2.61. The number of carboxylic acids is 1. The van der Waals surface area contributed by atoms with E-state index in [4.69, 9.17) is 14.6 Å². The Hall–Kier alpha value is -3.02. The number of amides is 1. The van der Waals surface area contributed by atoms with Gasteiger partial charge in [-0.2, -0.15) is 0 Å². The number of hydrogen-bond acceptors (Lipinski definition) is 4. The number of carbonyl (C=O) groups is 2. The van der Waals surface area contributed by atoms with Crippen LogP contribution in [0.3, 0.4) is 0 Å². The minimum atomic E-state index is -0.993. The predicted molar refractivity (Wildman–Crippen MR) is 86.2 cm³/mol. The summed E-state index contributed by atoms with van der Waals surface area (Å²) < 4.78 is 10.8. The topological polar surface area (TPSA) is 84.9 Å². The summed E-state index contributed by atoms with van der Waals surface area (Å²) in [7, 11) is 0. The normalized spacial score (nSPS) is 15.2. The van der Waals surface area contributed by atoms with Gasteiger partial charge >= 0.3 is 12.1 Å². The molecule has 0 radical (unpaired) electrons. The minimum Gasteiger partial charge on any atom is -0.488 e. The molecule has 0 saturated heterocycles. The van der Waals surface area contributed by atoms with Gasteiger partial charge < -0.3 is 19.9 Å². The largest absolute Gasteiger partial charge is 0.488 e. The second-order valence-electron chi connectivity index (χ2n) is 5.51. The van der Waals surface area contributed by atoms with E-state index in [9.17, 15) is 9.59 Å². The molecule has 2 aromatic carbocycles. The third-order valence-electron chi connectivity index (χ3n) is 3.74. The van der Waals surface area contributed by atoms with Crippen LogP contribution >= 0.6 is 0 Å². The second kappa shape index (κ2) is 7.04. The van der Waals surface area contributed by atoms with Crippen molar-refractivity contribution in [3.05, 3.63) is 65.2 Å². The standard InChI is InChI=1S/C18H17NO5/c20-17(21)14-7-6-13-8-15(24-16(13)9-14)10-19-18(22)23-11-12-4-2-1-3-5-12/h1-7,9,15H,8,10-11H2,(H,19,22)(H,20,21). The summed E-state index contributed by atoms with van der Waals surface area (Å²) in [6, 6.07) is 14.2. The second-order valence-corrected chi connectivity index (χ2v) is 5.51. The van der Waals surface area contributed by atoms with Gasteiger partial charge in [0.25, 0.3) is 0 Å². The van der Waals surface area contributed by atoms with E-state index in [2.05, 4.69) is 5.32 Å². The van der Waals surface area contributed by atoms with E-state index >= 15 is 0 Å². The maximum Gasteiger partial charge on any atom is 0.407 e. The Balaban J connectivity index is 1.46. The average molecular weight is 327 g/mol. The van der Waals surface area contributed by atoms with Crippen LogP contribution in [0, 0.1) is 0 Å². The fourth-order valence-electron chi connectivity index (χ4n) is 2.52. The van der Waals surface area contributed by atoms with Gasteiger partial charge in [0.1, 0.15) is 18.5 Å². The molecule has 1 heterocycles. The van der Waals surface area contributed by atoms with Gasteiger partial charge in [-0.25, -0.2) is 9.59 Å². The highest BCUT2D eigenvalue weighted by molar-refractivity contribution is 5.88. The number of nitrogens with one attached hydrogen (secondary N) is 1. The number of ether oxygens (including phenoxy) is 2. The highest BCUT2D eigenvalue weighted by atomic mass is 16.5. The van der Waals surface area contributed by atoms with E-state index in [0.717, 1.165) is 11.1 Å². The van der Waals surface area contributed by atoms with Crippen LogP contribution in [0.2, 0.25) is 0 Å². The minimum absolute atomic E-state index is 0.185. The molecule has 1 aliphatic heterocycles. The maximum absolute atomic E-state index is 11.7. The first-order chi connectivity index (χ1) is 11.6. The Kier molecular flexibility index (Phi) is 4.65. The van der Waals surface area contributed by atoms with Crippen molar-refractivity contribution < 1.29 is 24.2 Å². The molecule has 0 saturated carbocycles. The van der Waals surface area contributed by atoms with Gasteiger partial charge in [-0.1, -0.05) is 36.4 Å². The number of benzene rings is 2. The number of fused-ring (bicyclic) bond motifs is 1. The molecule has 2 N–H and O–H groups in total. The van der Waals surface area contributed by atoms with Crippen molar-refractivity contribution in [1.29, 1.82) is 0 Å². The Bertz CT molecular complexity index is 744. The van der Waals surface area contributed by atoms with Gasteiger partial charge in [0.05, 0.1) is 12.1 Å². The lowest BCUT2D eigenvalue weighted by molar-refractivity contribution is 0.0696. The number of aromatic carboxylic acids is 1. The monoisotopic (exact) mass is 327 g/mol. The van der Waals surface area contributed by atoms with Gasteiger partial charge in [0.2, 0.25) is 0 Å². The fraction of sp³-hybridized carbons (Fsp3) is 0.222. The Morgan fingerprint density at radius 3 is 2.75 bits per heavy atom. The molecule has 0 aliphatic carbocycles. The lowest BCUT2D eigenvalue weighted by atomic mass is 10.1. The van der Waals surface area contributed by atoms with Crippen LogP contribution in [-0.4, -0.2) is 29.8 Å². The van der Waals surface area contributed by atoms with Gasteiger partial charge in [-0.05, 0) is 23.3 Å². The van der Waals surface area contributed by atoms with Gasteiger partial charge in [0.15, 0.2) is 0 Å². The summed E-state index contributed by atoms with van der Waals surface area (Å²) >= 11 is 0. The molecular formula is C18H17NO5.